The van der Waals surface area contributed by atoms with Crippen molar-refractivity contribution < 1.29 is 18.3 Å². The molecule has 0 saturated carbocycles. The Bertz CT molecular complexity index is 816. The van der Waals surface area contributed by atoms with Gasteiger partial charge < -0.3 is 10.0 Å². The van der Waals surface area contributed by atoms with E-state index in [0.29, 0.717) is 5.82 Å². The third kappa shape index (κ3) is 3.87. The molecule has 0 aliphatic rings. The van der Waals surface area contributed by atoms with Crippen LogP contribution in [0.25, 0.3) is 0 Å². The quantitative estimate of drug-likeness (QED) is 0.903. The summed E-state index contributed by atoms with van der Waals surface area (Å²) in [5.41, 5.74) is 0.886. The number of carboxylic acids is 1. The van der Waals surface area contributed by atoms with Gasteiger partial charge >= 0.3 is 5.97 Å². The van der Waals surface area contributed by atoms with E-state index in [2.05, 4.69) is 4.98 Å². The molecule has 1 unspecified atom stereocenters. The largest absolute Gasteiger partial charge is 0.477 e. The Hall–Kier alpha value is -2.41. The Morgan fingerprint density at radius 3 is 2.30 bits per heavy atom. The van der Waals surface area contributed by atoms with E-state index < -0.39 is 15.8 Å². The summed E-state index contributed by atoms with van der Waals surface area (Å²) >= 11 is 0. The molecule has 0 radical (unpaired) electrons. The second-order valence-electron chi connectivity index (χ2n) is 5.31. The van der Waals surface area contributed by atoms with Crippen LogP contribution in [0.4, 0.5) is 5.82 Å². The molecule has 2 rings (SSSR count). The summed E-state index contributed by atoms with van der Waals surface area (Å²) in [6.07, 6.45) is 1.17. The molecule has 2 aromatic rings. The zero-order valence-electron chi connectivity index (χ0n) is 13.1. The smallest absolute Gasteiger partial charge is 0.354 e. The molecule has 1 aromatic carbocycles. The van der Waals surface area contributed by atoms with Crippen molar-refractivity contribution in [1.82, 2.24) is 4.98 Å². The van der Waals surface area contributed by atoms with Crippen LogP contribution in [0.2, 0.25) is 0 Å². The Morgan fingerprint density at radius 2 is 1.78 bits per heavy atom. The van der Waals surface area contributed by atoms with Crippen LogP contribution in [0.1, 0.15) is 29.0 Å². The summed E-state index contributed by atoms with van der Waals surface area (Å²) in [6.45, 7) is 1.94. The fourth-order valence-electron chi connectivity index (χ4n) is 2.15. The molecule has 1 heterocycles. The minimum atomic E-state index is -3.22. The number of rotatable bonds is 5. The standard InChI is InChI=1S/C16H18N2O4S/c1-11(12-7-9-13(10-8-12)23(3,21)22)18(2)15-6-4-5-14(17-15)16(19)20/h4-11H,1-3H3,(H,19,20). The highest BCUT2D eigenvalue weighted by molar-refractivity contribution is 7.90. The minimum absolute atomic E-state index is 0.0195. The summed E-state index contributed by atoms with van der Waals surface area (Å²) in [5, 5.41) is 9.02. The number of aromatic nitrogens is 1. The van der Waals surface area contributed by atoms with Gasteiger partial charge in [-0.2, -0.15) is 0 Å². The third-order valence-corrected chi connectivity index (χ3v) is 4.81. The van der Waals surface area contributed by atoms with Gasteiger partial charge in [0.2, 0.25) is 0 Å². The molecular weight excluding hydrogens is 316 g/mol. The van der Waals surface area contributed by atoms with E-state index in [1.165, 1.54) is 12.3 Å². The Labute approximate surface area is 135 Å². The molecule has 0 fully saturated rings. The highest BCUT2D eigenvalue weighted by Gasteiger charge is 2.16. The van der Waals surface area contributed by atoms with Crippen LogP contribution in [0.3, 0.4) is 0 Å². The maximum absolute atomic E-state index is 11.5. The molecule has 0 spiro atoms. The van der Waals surface area contributed by atoms with Crippen LogP contribution in [-0.2, 0) is 9.84 Å². The van der Waals surface area contributed by atoms with Crippen molar-refractivity contribution in [2.45, 2.75) is 17.9 Å². The molecule has 0 saturated heterocycles. The minimum Gasteiger partial charge on any atom is -0.477 e. The molecule has 1 atom stereocenters. The molecule has 0 aliphatic carbocycles. The lowest BCUT2D eigenvalue weighted by Gasteiger charge is -2.26. The number of carbonyl (C=O) groups is 1. The molecule has 1 N–H and O–H groups in total. The zero-order chi connectivity index (χ0) is 17.2. The molecule has 122 valence electrons. The van der Waals surface area contributed by atoms with E-state index >= 15 is 0 Å². The van der Waals surface area contributed by atoms with E-state index in [9.17, 15) is 13.2 Å². The number of aromatic carboxylic acids is 1. The predicted molar refractivity (Wildman–Crippen MR) is 87.6 cm³/mol. The maximum atomic E-state index is 11.5. The average molecular weight is 334 g/mol. The predicted octanol–water partition coefficient (Wildman–Crippen LogP) is 2.38. The second kappa shape index (κ2) is 6.37. The first kappa shape index (κ1) is 17.0. The van der Waals surface area contributed by atoms with E-state index in [-0.39, 0.29) is 16.6 Å². The number of nitrogens with zero attached hydrogens (tertiary/aromatic N) is 2. The Morgan fingerprint density at radius 1 is 1.17 bits per heavy atom. The lowest BCUT2D eigenvalue weighted by Crippen LogP contribution is -2.23. The molecule has 0 amide bonds. The number of carboxylic acid groups (broad SMARTS) is 1. The van der Waals surface area contributed by atoms with Crippen LogP contribution < -0.4 is 4.90 Å². The van der Waals surface area contributed by atoms with Gasteiger partial charge in [-0.1, -0.05) is 18.2 Å². The summed E-state index contributed by atoms with van der Waals surface area (Å²) < 4.78 is 23.0. The number of anilines is 1. The van der Waals surface area contributed by atoms with Crippen molar-refractivity contribution in [3.63, 3.8) is 0 Å². The van der Waals surface area contributed by atoms with E-state index in [0.717, 1.165) is 5.56 Å². The lowest BCUT2D eigenvalue weighted by atomic mass is 10.1. The molecule has 6 nitrogen and oxygen atoms in total. The number of benzene rings is 1. The van der Waals surface area contributed by atoms with Gasteiger partial charge in [0.05, 0.1) is 10.9 Å². The van der Waals surface area contributed by atoms with Crippen molar-refractivity contribution >= 4 is 21.6 Å². The number of pyridine rings is 1. The molecule has 23 heavy (non-hydrogen) atoms. The van der Waals surface area contributed by atoms with Crippen LogP contribution in [-0.4, -0.2) is 37.8 Å². The average Bonchev–Trinajstić information content (AvgIpc) is 2.53. The zero-order valence-corrected chi connectivity index (χ0v) is 13.9. The monoisotopic (exact) mass is 334 g/mol. The van der Waals surface area contributed by atoms with Crippen molar-refractivity contribution in [3.8, 4) is 0 Å². The van der Waals surface area contributed by atoms with E-state index in [1.807, 2.05) is 18.9 Å². The first-order valence-electron chi connectivity index (χ1n) is 6.93. The Kier molecular flexibility index (Phi) is 4.70. The molecule has 7 heteroatoms. The van der Waals surface area contributed by atoms with Crippen molar-refractivity contribution in [1.29, 1.82) is 0 Å². The maximum Gasteiger partial charge on any atom is 0.354 e. The highest BCUT2D eigenvalue weighted by Crippen LogP contribution is 2.25. The summed E-state index contributed by atoms with van der Waals surface area (Å²) in [7, 11) is -1.42. The second-order valence-corrected chi connectivity index (χ2v) is 7.33. The van der Waals surface area contributed by atoms with Gasteiger partial charge in [0, 0.05) is 13.3 Å². The van der Waals surface area contributed by atoms with Gasteiger partial charge in [-0.15, -0.1) is 0 Å². The van der Waals surface area contributed by atoms with Gasteiger partial charge in [0.1, 0.15) is 5.82 Å². The van der Waals surface area contributed by atoms with Gasteiger partial charge in [0.25, 0.3) is 0 Å². The third-order valence-electron chi connectivity index (χ3n) is 3.69. The van der Waals surface area contributed by atoms with Gasteiger partial charge in [-0.05, 0) is 36.8 Å². The normalized spacial score (nSPS) is 12.7. The molecular formula is C16H18N2O4S. The number of hydrogen-bond donors (Lipinski definition) is 1. The molecule has 0 bridgehead atoms. The summed E-state index contributed by atoms with van der Waals surface area (Å²) in [6, 6.07) is 11.3. The van der Waals surface area contributed by atoms with Crippen molar-refractivity contribution in [2.24, 2.45) is 0 Å². The summed E-state index contributed by atoms with van der Waals surface area (Å²) in [4.78, 5) is 17.2. The first-order chi connectivity index (χ1) is 10.7. The lowest BCUT2D eigenvalue weighted by molar-refractivity contribution is 0.0690. The van der Waals surface area contributed by atoms with Crippen molar-refractivity contribution in [3.05, 3.63) is 53.7 Å². The topological polar surface area (TPSA) is 87.6 Å². The van der Waals surface area contributed by atoms with E-state index in [4.69, 9.17) is 5.11 Å². The van der Waals surface area contributed by atoms with Crippen LogP contribution >= 0.6 is 0 Å². The van der Waals surface area contributed by atoms with Gasteiger partial charge in [-0.3, -0.25) is 0 Å². The SMILES string of the molecule is CC(c1ccc(S(C)(=O)=O)cc1)N(C)c1cccc(C(=O)O)n1. The van der Waals surface area contributed by atoms with E-state index in [1.54, 1.807) is 36.4 Å². The molecule has 0 aliphatic heterocycles. The van der Waals surface area contributed by atoms with Crippen LogP contribution in [0, 0.1) is 0 Å². The molecule has 1 aromatic heterocycles. The number of hydrogen-bond acceptors (Lipinski definition) is 5. The fraction of sp³-hybridized carbons (Fsp3) is 0.250. The van der Waals surface area contributed by atoms with Gasteiger partial charge in [0.15, 0.2) is 15.5 Å². The fourth-order valence-corrected chi connectivity index (χ4v) is 2.78. The first-order valence-corrected chi connectivity index (χ1v) is 8.82. The highest BCUT2D eigenvalue weighted by atomic mass is 32.2. The number of sulfone groups is 1. The van der Waals surface area contributed by atoms with Crippen molar-refractivity contribution in [2.75, 3.05) is 18.2 Å². The van der Waals surface area contributed by atoms with Crippen LogP contribution in [0.5, 0.6) is 0 Å². The van der Waals surface area contributed by atoms with Crippen LogP contribution in [0.15, 0.2) is 47.4 Å². The summed E-state index contributed by atoms with van der Waals surface area (Å²) in [5.74, 6) is -0.546. The Balaban J connectivity index is 2.27. The van der Waals surface area contributed by atoms with Gasteiger partial charge in [-0.25, -0.2) is 18.2 Å².